The lowest BCUT2D eigenvalue weighted by Crippen LogP contribution is -2.08. The van der Waals surface area contributed by atoms with Crippen molar-refractivity contribution in [2.24, 2.45) is 0 Å². The molecule has 1 heterocycles. The molecule has 0 atom stereocenters. The molecule has 0 unspecified atom stereocenters. The molecule has 5 heteroatoms. The molecule has 4 aromatic carbocycles. The molecule has 0 fully saturated rings. The Balaban J connectivity index is 1.43. The van der Waals surface area contributed by atoms with Crippen molar-refractivity contribution in [2.45, 2.75) is 19.6 Å². The van der Waals surface area contributed by atoms with Crippen LogP contribution in [-0.4, -0.2) is 20.7 Å². The summed E-state index contributed by atoms with van der Waals surface area (Å²) >= 11 is 3.54. The first-order chi connectivity index (χ1) is 16.2. The van der Waals surface area contributed by atoms with Crippen LogP contribution in [-0.2, 0) is 13.2 Å². The van der Waals surface area contributed by atoms with Gasteiger partial charge in [0.15, 0.2) is 5.78 Å². The molecule has 33 heavy (non-hydrogen) atoms. The zero-order chi connectivity index (χ0) is 22.6. The summed E-state index contributed by atoms with van der Waals surface area (Å²) in [7, 11) is 0. The quantitative estimate of drug-likeness (QED) is 0.175. The van der Waals surface area contributed by atoms with Crippen LogP contribution in [0.15, 0.2) is 91.0 Å². The van der Waals surface area contributed by atoms with Gasteiger partial charge in [-0.25, -0.2) is 4.98 Å². The van der Waals surface area contributed by atoms with Crippen molar-refractivity contribution in [3.8, 4) is 5.75 Å². The van der Waals surface area contributed by atoms with E-state index in [1.807, 2.05) is 54.6 Å². The maximum Gasteiger partial charge on any atom is 0.193 e. The van der Waals surface area contributed by atoms with Crippen LogP contribution < -0.4 is 4.74 Å². The van der Waals surface area contributed by atoms with Crippen LogP contribution in [0.2, 0.25) is 0 Å². The monoisotopic (exact) mass is 498 g/mol. The molecule has 164 valence electrons. The van der Waals surface area contributed by atoms with Gasteiger partial charge in [-0.2, -0.15) is 0 Å². The van der Waals surface area contributed by atoms with Crippen LogP contribution in [0, 0.1) is 0 Å². The van der Waals surface area contributed by atoms with Gasteiger partial charge in [0.05, 0.1) is 11.0 Å². The molecule has 4 nitrogen and oxygen atoms in total. The minimum atomic E-state index is -0.0164. The van der Waals surface area contributed by atoms with E-state index in [9.17, 15) is 4.79 Å². The number of rotatable bonds is 8. The number of ether oxygens (including phenoxy) is 1. The summed E-state index contributed by atoms with van der Waals surface area (Å²) in [5.41, 5.74) is 3.35. The van der Waals surface area contributed by atoms with Crippen LogP contribution in [0.5, 0.6) is 5.75 Å². The average molecular weight is 499 g/mol. The highest BCUT2D eigenvalue weighted by Gasteiger charge is 2.14. The van der Waals surface area contributed by atoms with Gasteiger partial charge in [0.2, 0.25) is 0 Å². The van der Waals surface area contributed by atoms with Crippen LogP contribution in [0.25, 0.3) is 21.8 Å². The van der Waals surface area contributed by atoms with Gasteiger partial charge in [-0.1, -0.05) is 82.7 Å². The van der Waals surface area contributed by atoms with Gasteiger partial charge in [-0.05, 0) is 41.5 Å². The molecular weight excluding hydrogens is 476 g/mol. The molecule has 5 rings (SSSR count). The zero-order valence-corrected chi connectivity index (χ0v) is 19.7. The Morgan fingerprint density at radius 3 is 2.36 bits per heavy atom. The summed E-state index contributed by atoms with van der Waals surface area (Å²) in [5.74, 6) is 1.51. The Labute approximate surface area is 201 Å². The van der Waals surface area contributed by atoms with Crippen molar-refractivity contribution >= 4 is 43.5 Å². The Bertz CT molecular complexity index is 1430. The first-order valence-corrected chi connectivity index (χ1v) is 12.1. The largest absolute Gasteiger partial charge is 0.486 e. The Hall–Kier alpha value is -3.44. The van der Waals surface area contributed by atoms with Crippen molar-refractivity contribution in [3.05, 3.63) is 108 Å². The van der Waals surface area contributed by atoms with Crippen LogP contribution >= 0.6 is 15.9 Å². The van der Waals surface area contributed by atoms with Gasteiger partial charge in [0, 0.05) is 23.0 Å². The number of aryl methyl sites for hydroxylation is 1. The van der Waals surface area contributed by atoms with E-state index in [0.717, 1.165) is 35.2 Å². The van der Waals surface area contributed by atoms with Crippen molar-refractivity contribution in [1.29, 1.82) is 0 Å². The second-order valence-corrected chi connectivity index (χ2v) is 8.71. The Morgan fingerprint density at radius 2 is 1.58 bits per heavy atom. The molecule has 0 radical (unpaired) electrons. The summed E-state index contributed by atoms with van der Waals surface area (Å²) in [6.07, 6.45) is 0.992. The lowest BCUT2D eigenvalue weighted by Gasteiger charge is -2.11. The third-order valence-electron chi connectivity index (χ3n) is 5.71. The van der Waals surface area contributed by atoms with E-state index in [0.29, 0.717) is 23.5 Å². The van der Waals surface area contributed by atoms with E-state index in [-0.39, 0.29) is 5.78 Å². The van der Waals surface area contributed by atoms with Crippen LogP contribution in [0.1, 0.15) is 28.2 Å². The van der Waals surface area contributed by atoms with Crippen LogP contribution in [0.4, 0.5) is 0 Å². The number of nitrogens with zero attached hydrogens (tertiary/aromatic N) is 2. The first-order valence-electron chi connectivity index (χ1n) is 11.0. The standard InChI is InChI=1S/C28H23BrN2O2/c29-14-7-15-31-26-18-22-11-5-4-10-21(22)17-25(26)30-27(31)19-33-24-13-6-12-23(16-24)28(32)20-8-2-1-3-9-20/h1-6,8-13,16-18H,7,14-15,19H2. The molecule has 0 aliphatic carbocycles. The SMILES string of the molecule is O=C(c1ccccc1)c1cccc(OCc2nc3cc4ccccc4cc3n2CCCBr)c1. The van der Waals surface area contributed by atoms with Crippen molar-refractivity contribution in [2.75, 3.05) is 5.33 Å². The molecule has 0 saturated carbocycles. The van der Waals surface area contributed by atoms with Crippen molar-refractivity contribution < 1.29 is 9.53 Å². The molecule has 0 aliphatic rings. The third-order valence-corrected chi connectivity index (χ3v) is 6.27. The first kappa shape index (κ1) is 21.4. The number of fused-ring (bicyclic) bond motifs is 2. The lowest BCUT2D eigenvalue weighted by atomic mass is 10.0. The van der Waals surface area contributed by atoms with Gasteiger partial charge in [-0.15, -0.1) is 0 Å². The molecular formula is C28H23BrN2O2. The van der Waals surface area contributed by atoms with E-state index >= 15 is 0 Å². The molecule has 0 amide bonds. The number of aromatic nitrogens is 2. The van der Waals surface area contributed by atoms with E-state index in [1.165, 1.54) is 10.8 Å². The number of imidazole rings is 1. The molecule has 5 aromatic rings. The molecule has 0 aliphatic heterocycles. The minimum Gasteiger partial charge on any atom is -0.486 e. The second-order valence-electron chi connectivity index (χ2n) is 7.92. The highest BCUT2D eigenvalue weighted by Crippen LogP contribution is 2.25. The highest BCUT2D eigenvalue weighted by atomic mass is 79.9. The molecule has 0 N–H and O–H groups in total. The normalized spacial score (nSPS) is 11.2. The summed E-state index contributed by atoms with van der Waals surface area (Å²) in [4.78, 5) is 17.7. The minimum absolute atomic E-state index is 0.0164. The fourth-order valence-corrected chi connectivity index (χ4v) is 4.32. The number of ketones is 1. The fourth-order valence-electron chi connectivity index (χ4n) is 4.07. The molecule has 1 aromatic heterocycles. The Morgan fingerprint density at radius 1 is 0.848 bits per heavy atom. The van der Waals surface area contributed by atoms with Crippen LogP contribution in [0.3, 0.4) is 0 Å². The Kier molecular flexibility index (Phi) is 6.22. The van der Waals surface area contributed by atoms with Gasteiger partial charge >= 0.3 is 0 Å². The summed E-state index contributed by atoms with van der Waals surface area (Å²) in [5, 5.41) is 3.30. The summed E-state index contributed by atoms with van der Waals surface area (Å²) in [6, 6.07) is 29.3. The van der Waals surface area contributed by atoms with Gasteiger partial charge < -0.3 is 9.30 Å². The van der Waals surface area contributed by atoms with E-state index in [2.05, 4.69) is 50.8 Å². The molecule has 0 saturated heterocycles. The number of hydrogen-bond acceptors (Lipinski definition) is 3. The van der Waals surface area contributed by atoms with Crippen molar-refractivity contribution in [1.82, 2.24) is 9.55 Å². The smallest absolute Gasteiger partial charge is 0.193 e. The summed E-state index contributed by atoms with van der Waals surface area (Å²) in [6.45, 7) is 1.18. The lowest BCUT2D eigenvalue weighted by molar-refractivity contribution is 0.103. The van der Waals surface area contributed by atoms with Gasteiger partial charge in [0.1, 0.15) is 18.2 Å². The predicted octanol–water partition coefficient (Wildman–Crippen LogP) is 6.78. The number of carbonyl (C=O) groups excluding carboxylic acids is 1. The number of hydrogen-bond donors (Lipinski definition) is 0. The maximum absolute atomic E-state index is 12.8. The predicted molar refractivity (Wildman–Crippen MR) is 136 cm³/mol. The number of alkyl halides is 1. The number of halogens is 1. The van der Waals surface area contributed by atoms with E-state index in [4.69, 9.17) is 9.72 Å². The fraction of sp³-hybridized carbons (Fsp3) is 0.143. The highest BCUT2D eigenvalue weighted by molar-refractivity contribution is 9.09. The zero-order valence-electron chi connectivity index (χ0n) is 18.1. The topological polar surface area (TPSA) is 44.1 Å². The number of carbonyl (C=O) groups is 1. The molecule has 0 spiro atoms. The van der Waals surface area contributed by atoms with Gasteiger partial charge in [-0.3, -0.25) is 4.79 Å². The maximum atomic E-state index is 12.8. The third kappa shape index (κ3) is 4.55. The van der Waals surface area contributed by atoms with E-state index < -0.39 is 0 Å². The summed E-state index contributed by atoms with van der Waals surface area (Å²) < 4.78 is 8.36. The molecule has 0 bridgehead atoms. The van der Waals surface area contributed by atoms with E-state index in [1.54, 1.807) is 6.07 Å². The van der Waals surface area contributed by atoms with Crippen molar-refractivity contribution in [3.63, 3.8) is 0 Å². The average Bonchev–Trinajstić information content (AvgIpc) is 3.21. The number of benzene rings is 4. The second kappa shape index (κ2) is 9.59. The van der Waals surface area contributed by atoms with Gasteiger partial charge in [0.25, 0.3) is 0 Å².